The lowest BCUT2D eigenvalue weighted by Crippen LogP contribution is -2.37. The highest BCUT2D eigenvalue weighted by Gasteiger charge is 2.27. The summed E-state index contributed by atoms with van der Waals surface area (Å²) in [4.78, 5) is 18.1. The molecule has 1 amide bonds. The fourth-order valence-corrected chi connectivity index (χ4v) is 2.87. The fraction of sp³-hybridized carbons (Fsp3) is 0.158. The van der Waals surface area contributed by atoms with Crippen LogP contribution in [0.5, 0.6) is 5.88 Å². The molecular formula is C19H15FN2O2. The maximum absolute atomic E-state index is 13.8. The van der Waals surface area contributed by atoms with Crippen LogP contribution in [0.15, 0.2) is 48.5 Å². The van der Waals surface area contributed by atoms with Gasteiger partial charge in [0.05, 0.1) is 18.6 Å². The molecule has 4 rings (SSSR count). The van der Waals surface area contributed by atoms with Gasteiger partial charge in [-0.3, -0.25) is 4.90 Å². The zero-order valence-corrected chi connectivity index (χ0v) is 13.1. The average molecular weight is 322 g/mol. The zero-order valence-electron chi connectivity index (χ0n) is 13.1. The van der Waals surface area contributed by atoms with Gasteiger partial charge in [0.25, 0.3) is 0 Å². The molecule has 0 atom stereocenters. The van der Waals surface area contributed by atoms with Gasteiger partial charge >= 0.3 is 6.09 Å². The van der Waals surface area contributed by atoms with Crippen LogP contribution in [0.25, 0.3) is 10.9 Å². The summed E-state index contributed by atoms with van der Waals surface area (Å²) in [5.41, 5.74) is 3.17. The normalized spacial score (nSPS) is 13.8. The maximum atomic E-state index is 13.8. The number of pyridine rings is 1. The molecular weight excluding hydrogens is 307 g/mol. The van der Waals surface area contributed by atoms with Crippen molar-refractivity contribution in [3.05, 3.63) is 71.0 Å². The molecule has 2 heterocycles. The molecule has 1 aliphatic heterocycles. The minimum atomic E-state index is -0.509. The van der Waals surface area contributed by atoms with Gasteiger partial charge in [-0.15, -0.1) is 0 Å². The van der Waals surface area contributed by atoms with Gasteiger partial charge in [-0.05, 0) is 30.7 Å². The highest BCUT2D eigenvalue weighted by molar-refractivity contribution is 5.82. The third kappa shape index (κ3) is 2.58. The lowest BCUT2D eigenvalue weighted by molar-refractivity contribution is 0.132. The van der Waals surface area contributed by atoms with Crippen LogP contribution in [0, 0.1) is 12.7 Å². The van der Waals surface area contributed by atoms with E-state index < -0.39 is 6.09 Å². The minimum Gasteiger partial charge on any atom is -0.391 e. The van der Waals surface area contributed by atoms with Crippen LogP contribution in [0.3, 0.4) is 0 Å². The van der Waals surface area contributed by atoms with Crippen LogP contribution in [0.2, 0.25) is 0 Å². The molecule has 3 aromatic rings. The van der Waals surface area contributed by atoms with E-state index in [0.29, 0.717) is 18.0 Å². The third-order valence-electron chi connectivity index (χ3n) is 4.13. The third-order valence-corrected chi connectivity index (χ3v) is 4.13. The van der Waals surface area contributed by atoms with Crippen LogP contribution in [-0.4, -0.2) is 16.0 Å². The molecule has 4 nitrogen and oxygen atoms in total. The SMILES string of the molecule is Cc1ccc2cc3c(nc2c1)OC(=O)N(Cc1ccccc1F)C3. The van der Waals surface area contributed by atoms with E-state index >= 15 is 0 Å². The van der Waals surface area contributed by atoms with Crippen molar-refractivity contribution < 1.29 is 13.9 Å². The Bertz CT molecular complexity index is 955. The fourth-order valence-electron chi connectivity index (χ4n) is 2.87. The smallest absolute Gasteiger partial charge is 0.391 e. The van der Waals surface area contributed by atoms with Gasteiger partial charge in [-0.25, -0.2) is 14.2 Å². The lowest BCUT2D eigenvalue weighted by Gasteiger charge is -2.27. The second-order valence-electron chi connectivity index (χ2n) is 5.96. The summed E-state index contributed by atoms with van der Waals surface area (Å²) in [6.07, 6.45) is -0.509. The number of benzene rings is 2. The van der Waals surface area contributed by atoms with E-state index in [1.165, 1.54) is 11.0 Å². The number of carbonyl (C=O) groups is 1. The molecule has 0 radical (unpaired) electrons. The molecule has 0 N–H and O–H groups in total. The van der Waals surface area contributed by atoms with Gasteiger partial charge in [0.1, 0.15) is 5.82 Å². The van der Waals surface area contributed by atoms with Gasteiger partial charge in [0, 0.05) is 16.5 Å². The maximum Gasteiger partial charge on any atom is 0.417 e. The summed E-state index contributed by atoms with van der Waals surface area (Å²) in [6.45, 7) is 2.50. The molecule has 5 heteroatoms. The molecule has 0 spiro atoms. The van der Waals surface area contributed by atoms with Crippen LogP contribution >= 0.6 is 0 Å². The first-order valence-electron chi connectivity index (χ1n) is 7.70. The summed E-state index contributed by atoms with van der Waals surface area (Å²) in [6, 6.07) is 14.4. The second kappa shape index (κ2) is 5.60. The van der Waals surface area contributed by atoms with Crippen LogP contribution in [-0.2, 0) is 13.1 Å². The largest absolute Gasteiger partial charge is 0.417 e. The number of rotatable bonds is 2. The van der Waals surface area contributed by atoms with Crippen molar-refractivity contribution >= 4 is 17.0 Å². The van der Waals surface area contributed by atoms with Crippen molar-refractivity contribution in [2.24, 2.45) is 0 Å². The second-order valence-corrected chi connectivity index (χ2v) is 5.96. The van der Waals surface area contributed by atoms with Gasteiger partial charge in [-0.2, -0.15) is 0 Å². The topological polar surface area (TPSA) is 42.4 Å². The summed E-state index contributed by atoms with van der Waals surface area (Å²) in [5, 5.41) is 0.989. The Kier molecular flexibility index (Phi) is 3.41. The lowest BCUT2D eigenvalue weighted by atomic mass is 10.1. The Morgan fingerprint density at radius 3 is 2.88 bits per heavy atom. The average Bonchev–Trinajstić information content (AvgIpc) is 2.56. The Morgan fingerprint density at radius 2 is 2.04 bits per heavy atom. The number of amides is 1. The van der Waals surface area contributed by atoms with E-state index in [1.54, 1.807) is 18.2 Å². The van der Waals surface area contributed by atoms with E-state index in [1.807, 2.05) is 31.2 Å². The van der Waals surface area contributed by atoms with Crippen molar-refractivity contribution in [3.8, 4) is 5.88 Å². The first kappa shape index (κ1) is 14.6. The highest BCUT2D eigenvalue weighted by Crippen LogP contribution is 2.29. The molecule has 0 unspecified atom stereocenters. The Balaban J connectivity index is 1.67. The summed E-state index contributed by atoms with van der Waals surface area (Å²) in [7, 11) is 0. The van der Waals surface area contributed by atoms with E-state index in [4.69, 9.17) is 4.74 Å². The summed E-state index contributed by atoms with van der Waals surface area (Å²) < 4.78 is 19.2. The van der Waals surface area contributed by atoms with Crippen LogP contribution < -0.4 is 4.74 Å². The number of fused-ring (bicyclic) bond motifs is 2. The van der Waals surface area contributed by atoms with Gasteiger partial charge < -0.3 is 4.74 Å². The highest BCUT2D eigenvalue weighted by atomic mass is 19.1. The summed E-state index contributed by atoms with van der Waals surface area (Å²) in [5.74, 6) is 0.00564. The van der Waals surface area contributed by atoms with Crippen molar-refractivity contribution in [2.75, 3.05) is 0 Å². The van der Waals surface area contributed by atoms with Crippen molar-refractivity contribution in [3.63, 3.8) is 0 Å². The molecule has 0 aliphatic carbocycles. The predicted molar refractivity (Wildman–Crippen MR) is 88.2 cm³/mol. The van der Waals surface area contributed by atoms with E-state index in [0.717, 1.165) is 22.0 Å². The molecule has 0 fully saturated rings. The van der Waals surface area contributed by atoms with E-state index in [-0.39, 0.29) is 12.4 Å². The zero-order chi connectivity index (χ0) is 16.7. The van der Waals surface area contributed by atoms with Gasteiger partial charge in [0.2, 0.25) is 5.88 Å². The van der Waals surface area contributed by atoms with Crippen molar-refractivity contribution in [2.45, 2.75) is 20.0 Å². The molecule has 0 saturated heterocycles. The van der Waals surface area contributed by atoms with Crippen molar-refractivity contribution in [1.29, 1.82) is 0 Å². The van der Waals surface area contributed by atoms with E-state index in [9.17, 15) is 9.18 Å². The Hall–Kier alpha value is -2.95. The first-order valence-corrected chi connectivity index (χ1v) is 7.70. The number of halogens is 1. The summed E-state index contributed by atoms with van der Waals surface area (Å²) >= 11 is 0. The number of carbonyl (C=O) groups excluding carboxylic acids is 1. The monoisotopic (exact) mass is 322 g/mol. The first-order chi connectivity index (χ1) is 11.6. The number of ether oxygens (including phenoxy) is 1. The predicted octanol–water partition coefficient (Wildman–Crippen LogP) is 4.20. The van der Waals surface area contributed by atoms with Gasteiger partial charge in [-0.1, -0.05) is 30.3 Å². The Labute approximate surface area is 138 Å². The number of hydrogen-bond acceptors (Lipinski definition) is 3. The molecule has 0 saturated carbocycles. The number of hydrogen-bond donors (Lipinski definition) is 0. The standard InChI is InChI=1S/C19H15FN2O2/c1-12-6-7-13-9-15-11-22(10-14-4-2-3-5-16(14)20)19(23)24-18(15)21-17(13)8-12/h2-9H,10-11H2,1H3. The van der Waals surface area contributed by atoms with Crippen LogP contribution in [0.1, 0.15) is 16.7 Å². The molecule has 120 valence electrons. The minimum absolute atomic E-state index is 0.164. The Morgan fingerprint density at radius 1 is 1.21 bits per heavy atom. The van der Waals surface area contributed by atoms with Crippen molar-refractivity contribution in [1.82, 2.24) is 9.88 Å². The van der Waals surface area contributed by atoms with E-state index in [2.05, 4.69) is 4.98 Å². The molecule has 1 aromatic heterocycles. The molecule has 2 aromatic carbocycles. The van der Waals surface area contributed by atoms with Gasteiger partial charge in [0.15, 0.2) is 0 Å². The number of aryl methyl sites for hydroxylation is 1. The quantitative estimate of drug-likeness (QED) is 0.710. The molecule has 24 heavy (non-hydrogen) atoms. The molecule has 0 bridgehead atoms. The number of nitrogens with zero attached hydrogens (tertiary/aromatic N) is 2. The number of aromatic nitrogens is 1. The van der Waals surface area contributed by atoms with Crippen LogP contribution in [0.4, 0.5) is 9.18 Å². The molecule has 1 aliphatic rings.